The maximum absolute atomic E-state index is 11.3. The fourth-order valence-electron chi connectivity index (χ4n) is 0.878. The van der Waals surface area contributed by atoms with Gasteiger partial charge in [-0.2, -0.15) is 0 Å². The fraction of sp³-hybridized carbons (Fsp3) is 0.600. The monoisotopic (exact) mass is 198 g/mol. The van der Waals surface area contributed by atoms with Crippen LogP contribution in [0.25, 0.3) is 0 Å². The van der Waals surface area contributed by atoms with E-state index in [2.05, 4.69) is 0 Å². The number of carbonyl (C=O) groups excluding carboxylic acids is 2. The first-order valence-electron chi connectivity index (χ1n) is 4.45. The van der Waals surface area contributed by atoms with E-state index in [0.29, 0.717) is 0 Å². The molecule has 0 unspecified atom stereocenters. The van der Waals surface area contributed by atoms with Crippen molar-refractivity contribution < 1.29 is 19.1 Å². The van der Waals surface area contributed by atoms with E-state index in [-0.39, 0.29) is 18.5 Å². The largest absolute Gasteiger partial charge is 0.461 e. The predicted octanol–water partition coefficient (Wildman–Crippen LogP) is 1.06. The van der Waals surface area contributed by atoms with Crippen LogP contribution in [0.5, 0.6) is 0 Å². The molecule has 1 aliphatic heterocycles. The van der Waals surface area contributed by atoms with Gasteiger partial charge >= 0.3 is 11.9 Å². The first-order chi connectivity index (χ1) is 6.39. The van der Waals surface area contributed by atoms with Crippen LogP contribution in [0.2, 0.25) is 0 Å². The number of cyclic esters (lactones) is 1. The van der Waals surface area contributed by atoms with Crippen molar-refractivity contribution in [1.82, 2.24) is 0 Å². The van der Waals surface area contributed by atoms with Gasteiger partial charge in [0.25, 0.3) is 0 Å². The van der Waals surface area contributed by atoms with Crippen LogP contribution in [0.15, 0.2) is 12.2 Å². The second kappa shape index (κ2) is 3.82. The highest BCUT2D eigenvalue weighted by Crippen LogP contribution is 2.16. The molecule has 0 aromatic heterocycles. The average molecular weight is 198 g/mol. The van der Waals surface area contributed by atoms with Gasteiger partial charge in [0, 0.05) is 6.08 Å². The number of hydrogen-bond donors (Lipinski definition) is 0. The molecule has 1 aliphatic rings. The topological polar surface area (TPSA) is 52.6 Å². The zero-order valence-corrected chi connectivity index (χ0v) is 8.57. The molecule has 0 aromatic rings. The van der Waals surface area contributed by atoms with Crippen LogP contribution in [0.1, 0.15) is 20.8 Å². The summed E-state index contributed by atoms with van der Waals surface area (Å²) >= 11 is 0. The van der Waals surface area contributed by atoms with Crippen LogP contribution >= 0.6 is 0 Å². The molecule has 4 heteroatoms. The molecule has 78 valence electrons. The minimum absolute atomic E-state index is 0.0956. The molecule has 14 heavy (non-hydrogen) atoms. The summed E-state index contributed by atoms with van der Waals surface area (Å²) in [5.41, 5.74) is -0.522. The number of rotatable bonds is 2. The smallest absolute Gasteiger partial charge is 0.331 e. The lowest BCUT2D eigenvalue weighted by Gasteiger charge is -2.17. The Morgan fingerprint density at radius 3 is 2.64 bits per heavy atom. The first kappa shape index (κ1) is 10.8. The third-order valence-electron chi connectivity index (χ3n) is 1.71. The third kappa shape index (κ3) is 2.87. The lowest BCUT2D eigenvalue weighted by Crippen LogP contribution is -2.27. The minimum Gasteiger partial charge on any atom is -0.461 e. The lowest BCUT2D eigenvalue weighted by atomic mass is 9.97. The molecule has 0 N–H and O–H groups in total. The second-order valence-corrected chi connectivity index (χ2v) is 4.18. The second-order valence-electron chi connectivity index (χ2n) is 4.18. The van der Waals surface area contributed by atoms with Crippen molar-refractivity contribution in [3.05, 3.63) is 12.2 Å². The van der Waals surface area contributed by atoms with E-state index in [1.54, 1.807) is 26.8 Å². The molecule has 0 spiro atoms. The van der Waals surface area contributed by atoms with Crippen molar-refractivity contribution in [3.8, 4) is 0 Å². The van der Waals surface area contributed by atoms with Crippen LogP contribution in [0.4, 0.5) is 0 Å². The van der Waals surface area contributed by atoms with Gasteiger partial charge in [0.05, 0.1) is 5.41 Å². The molecule has 0 fully saturated rings. The highest BCUT2D eigenvalue weighted by Gasteiger charge is 2.25. The number of esters is 2. The Labute approximate surface area is 82.9 Å². The summed E-state index contributed by atoms with van der Waals surface area (Å²) in [5.74, 6) is -0.685. The van der Waals surface area contributed by atoms with Gasteiger partial charge in [-0.1, -0.05) is 0 Å². The van der Waals surface area contributed by atoms with E-state index in [9.17, 15) is 9.59 Å². The molecule has 0 aromatic carbocycles. The van der Waals surface area contributed by atoms with Gasteiger partial charge in [0.1, 0.15) is 6.61 Å². The summed E-state index contributed by atoms with van der Waals surface area (Å²) in [7, 11) is 0. The van der Waals surface area contributed by atoms with Crippen LogP contribution in [-0.2, 0) is 19.1 Å². The van der Waals surface area contributed by atoms with Crippen molar-refractivity contribution >= 4 is 11.9 Å². The molecule has 4 nitrogen and oxygen atoms in total. The van der Waals surface area contributed by atoms with Crippen molar-refractivity contribution in [1.29, 1.82) is 0 Å². The van der Waals surface area contributed by atoms with Gasteiger partial charge in [-0.15, -0.1) is 0 Å². The molecular weight excluding hydrogens is 184 g/mol. The van der Waals surface area contributed by atoms with Crippen molar-refractivity contribution in [2.75, 3.05) is 6.61 Å². The molecule has 0 aliphatic carbocycles. The van der Waals surface area contributed by atoms with Crippen LogP contribution in [0, 0.1) is 5.41 Å². The van der Waals surface area contributed by atoms with Crippen LogP contribution in [-0.4, -0.2) is 24.6 Å². The standard InChI is InChI=1S/C10H14O4/c1-10(2,3)9(12)13-6-7-4-5-8(11)14-7/h4-5,7H,6H2,1-3H3/t7-/m1/s1. The predicted molar refractivity (Wildman–Crippen MR) is 49.4 cm³/mol. The van der Waals surface area contributed by atoms with Gasteiger partial charge in [0.2, 0.25) is 0 Å². The normalized spacial score (nSPS) is 20.8. The van der Waals surface area contributed by atoms with Gasteiger partial charge in [-0.25, -0.2) is 4.79 Å². The van der Waals surface area contributed by atoms with E-state index >= 15 is 0 Å². The van der Waals surface area contributed by atoms with E-state index in [0.717, 1.165) is 0 Å². The Kier molecular flexibility index (Phi) is 2.93. The Balaban J connectivity index is 2.32. The molecule has 0 amide bonds. The lowest BCUT2D eigenvalue weighted by molar-refractivity contribution is -0.158. The summed E-state index contributed by atoms with van der Waals surface area (Å²) in [6.45, 7) is 5.40. The summed E-state index contributed by atoms with van der Waals surface area (Å²) in [4.78, 5) is 22.0. The molecular formula is C10H14O4. The molecule has 0 saturated carbocycles. The Hall–Kier alpha value is -1.32. The summed E-state index contributed by atoms with van der Waals surface area (Å²) < 4.78 is 9.77. The maximum Gasteiger partial charge on any atom is 0.331 e. The van der Waals surface area contributed by atoms with Crippen LogP contribution < -0.4 is 0 Å². The van der Waals surface area contributed by atoms with E-state index < -0.39 is 11.5 Å². The summed E-state index contributed by atoms with van der Waals surface area (Å²) in [5, 5.41) is 0. The SMILES string of the molecule is CC(C)(C)C(=O)OC[C@H]1C=CC(=O)O1. The summed E-state index contributed by atoms with van der Waals surface area (Å²) in [6, 6.07) is 0. The highest BCUT2D eigenvalue weighted by molar-refractivity contribution is 5.84. The van der Waals surface area contributed by atoms with Gasteiger partial charge < -0.3 is 9.47 Å². The fourth-order valence-corrected chi connectivity index (χ4v) is 0.878. The number of ether oxygens (including phenoxy) is 2. The first-order valence-corrected chi connectivity index (χ1v) is 4.45. The molecule has 0 saturated heterocycles. The van der Waals surface area contributed by atoms with Gasteiger partial charge in [-0.05, 0) is 26.8 Å². The van der Waals surface area contributed by atoms with E-state index in [1.165, 1.54) is 6.08 Å². The molecule has 1 rings (SSSR count). The Morgan fingerprint density at radius 2 is 2.21 bits per heavy atom. The maximum atomic E-state index is 11.3. The van der Waals surface area contributed by atoms with Crippen molar-refractivity contribution in [2.24, 2.45) is 5.41 Å². The highest BCUT2D eigenvalue weighted by atomic mass is 16.6. The molecule has 1 heterocycles. The molecule has 1 atom stereocenters. The van der Waals surface area contributed by atoms with Gasteiger partial charge in [-0.3, -0.25) is 4.79 Å². The average Bonchev–Trinajstić information content (AvgIpc) is 2.45. The van der Waals surface area contributed by atoms with Crippen LogP contribution in [0.3, 0.4) is 0 Å². The van der Waals surface area contributed by atoms with E-state index in [1.807, 2.05) is 0 Å². The summed E-state index contributed by atoms with van der Waals surface area (Å²) in [6.07, 6.45) is 2.49. The third-order valence-corrected chi connectivity index (χ3v) is 1.71. The Morgan fingerprint density at radius 1 is 1.57 bits per heavy atom. The Bertz CT molecular complexity index is 272. The minimum atomic E-state index is -0.522. The zero-order valence-electron chi connectivity index (χ0n) is 8.57. The van der Waals surface area contributed by atoms with Crippen molar-refractivity contribution in [3.63, 3.8) is 0 Å². The number of hydrogen-bond acceptors (Lipinski definition) is 4. The van der Waals surface area contributed by atoms with E-state index in [4.69, 9.17) is 9.47 Å². The molecule has 0 bridgehead atoms. The molecule has 0 radical (unpaired) electrons. The van der Waals surface area contributed by atoms with Crippen molar-refractivity contribution in [2.45, 2.75) is 26.9 Å². The zero-order chi connectivity index (χ0) is 10.8. The van der Waals surface area contributed by atoms with Gasteiger partial charge in [0.15, 0.2) is 6.10 Å². The number of carbonyl (C=O) groups is 2. The quantitative estimate of drug-likeness (QED) is 0.622.